The third-order valence-corrected chi connectivity index (χ3v) is 9.66. The van der Waals surface area contributed by atoms with E-state index >= 15 is 0 Å². The summed E-state index contributed by atoms with van der Waals surface area (Å²) in [4.78, 5) is 16.2. The van der Waals surface area contributed by atoms with Gasteiger partial charge >= 0.3 is 0 Å². The number of aliphatic hydroxyl groups is 1. The first-order valence-corrected chi connectivity index (χ1v) is 16.4. The Morgan fingerprint density at radius 1 is 1.18 bits per heavy atom. The second-order valence-corrected chi connectivity index (χ2v) is 13.1. The van der Waals surface area contributed by atoms with Crippen molar-refractivity contribution in [3.63, 3.8) is 0 Å². The van der Waals surface area contributed by atoms with E-state index in [0.29, 0.717) is 17.3 Å². The zero-order valence-corrected chi connectivity index (χ0v) is 28.1. The molecular weight excluding hydrogens is 580 g/mol. The lowest BCUT2D eigenvalue weighted by atomic mass is 9.64. The Bertz CT molecular complexity index is 1610. The van der Waals surface area contributed by atoms with Gasteiger partial charge in [-0.3, -0.25) is 4.99 Å². The van der Waals surface area contributed by atoms with Crippen LogP contribution >= 0.6 is 11.6 Å². The molecule has 2 unspecified atom stereocenters. The topological polar surface area (TPSA) is 78.0 Å². The van der Waals surface area contributed by atoms with Crippen molar-refractivity contribution in [2.75, 3.05) is 39.8 Å². The molecule has 2 N–H and O–H groups in total. The highest BCUT2D eigenvalue weighted by Crippen LogP contribution is 2.50. The minimum atomic E-state index is -1.38. The van der Waals surface area contributed by atoms with Crippen LogP contribution in [-0.4, -0.2) is 70.9 Å². The van der Waals surface area contributed by atoms with E-state index in [1.54, 1.807) is 19.6 Å². The van der Waals surface area contributed by atoms with Crippen LogP contribution < -0.4 is 5.32 Å². The van der Waals surface area contributed by atoms with Gasteiger partial charge in [-0.1, -0.05) is 61.0 Å². The number of allylic oxidation sites excluding steroid dienone is 1. The highest BCUT2D eigenvalue weighted by atomic mass is 35.5. The van der Waals surface area contributed by atoms with Crippen LogP contribution in [-0.2, 0) is 12.6 Å². The largest absolute Gasteiger partial charge is 0.378 e. The Morgan fingerprint density at radius 3 is 2.64 bits per heavy atom. The van der Waals surface area contributed by atoms with Crippen LogP contribution in [0.2, 0.25) is 5.02 Å². The second kappa shape index (κ2) is 14.4. The molecule has 238 valence electrons. The highest BCUT2D eigenvalue weighted by molar-refractivity contribution is 6.31. The van der Waals surface area contributed by atoms with Gasteiger partial charge in [-0.25, -0.2) is 9.98 Å². The van der Waals surface area contributed by atoms with Crippen LogP contribution in [0.1, 0.15) is 67.5 Å². The summed E-state index contributed by atoms with van der Waals surface area (Å²) < 4.78 is 1.92. The molecule has 2 atom stereocenters. The lowest BCUT2D eigenvalue weighted by molar-refractivity contribution is -0.0245. The molecule has 3 aromatic rings. The first-order valence-electron chi connectivity index (χ1n) is 16.0. The molecule has 0 radical (unpaired) electrons. The molecule has 0 amide bonds. The maximum absolute atomic E-state index is 13.0. The minimum Gasteiger partial charge on any atom is -0.378 e. The molecule has 1 saturated heterocycles. The number of benzene rings is 2. The van der Waals surface area contributed by atoms with Crippen LogP contribution in [0.15, 0.2) is 88.8 Å². The Balaban J connectivity index is 1.46. The smallest absolute Gasteiger partial charge is 0.140 e. The summed E-state index contributed by atoms with van der Waals surface area (Å²) in [7, 11) is 3.67. The molecule has 1 aliphatic heterocycles. The fourth-order valence-electron chi connectivity index (χ4n) is 6.54. The monoisotopic (exact) mass is 626 g/mol. The van der Waals surface area contributed by atoms with Crippen molar-refractivity contribution >= 4 is 23.1 Å². The highest BCUT2D eigenvalue weighted by Gasteiger charge is 2.50. The Morgan fingerprint density at radius 2 is 1.98 bits per heavy atom. The molecule has 5 rings (SSSR count). The molecule has 7 nitrogen and oxygen atoms in total. The number of aryl methyl sites for hydroxylation is 2. The molecule has 1 aromatic heterocycles. The number of halogens is 1. The summed E-state index contributed by atoms with van der Waals surface area (Å²) in [5.74, 6) is 0.654. The standard InChI is InChI=1S/C37H47ClN6O/c1-27-12-13-31(23-33(27)35(42-28(2)39-4)30-10-8-11-32(38)22-30)37(45,34-25-41-26-43(34)5)36(3)16-14-29(15-17-36)24-40-18-9-21-44-19-6-7-20-44/h8,10-16,22-23,25-26,40,45H,6-7,9,17-21,24H2,1-5H3. The van der Waals surface area contributed by atoms with E-state index in [1.165, 1.54) is 38.0 Å². The lowest BCUT2D eigenvalue weighted by Gasteiger charge is -2.45. The first-order chi connectivity index (χ1) is 21.6. The number of likely N-dealkylation sites (tertiary alicyclic amines) is 1. The molecule has 2 heterocycles. The van der Waals surface area contributed by atoms with Gasteiger partial charge < -0.3 is 19.9 Å². The van der Waals surface area contributed by atoms with Crippen LogP contribution in [0, 0.1) is 12.3 Å². The molecule has 0 bridgehead atoms. The van der Waals surface area contributed by atoms with Crippen molar-refractivity contribution in [2.24, 2.45) is 22.4 Å². The minimum absolute atomic E-state index is 0.634. The Hall–Kier alpha value is -3.36. The van der Waals surface area contributed by atoms with Crippen LogP contribution in [0.5, 0.6) is 0 Å². The third kappa shape index (κ3) is 7.23. The lowest BCUT2D eigenvalue weighted by Crippen LogP contribution is -2.45. The van der Waals surface area contributed by atoms with Crippen LogP contribution in [0.25, 0.3) is 0 Å². The summed E-state index contributed by atoms with van der Waals surface area (Å²) in [6.07, 6.45) is 14.7. The molecule has 0 saturated carbocycles. The van der Waals surface area contributed by atoms with Gasteiger partial charge in [0.15, 0.2) is 0 Å². The fraction of sp³-hybridized carbons (Fsp3) is 0.432. The summed E-state index contributed by atoms with van der Waals surface area (Å²) in [5, 5.41) is 17.3. The molecule has 45 heavy (non-hydrogen) atoms. The van der Waals surface area contributed by atoms with Crippen molar-refractivity contribution in [3.05, 3.63) is 112 Å². The Kier molecular flexibility index (Phi) is 10.6. The number of nitrogens with one attached hydrogen (secondary N) is 1. The number of aliphatic imine (C=N–C) groups is 2. The van der Waals surface area contributed by atoms with Crippen molar-refractivity contribution < 1.29 is 5.11 Å². The van der Waals surface area contributed by atoms with Crippen LogP contribution in [0.4, 0.5) is 0 Å². The SMILES string of the molecule is CN=C(C)N=C(c1cccc(Cl)c1)c1cc(C(O)(c2cncn2C)C2(C)C=CC(CNCCCN3CCCC3)=CC2)ccc1C. The predicted octanol–water partition coefficient (Wildman–Crippen LogP) is 6.47. The number of amidine groups is 1. The average Bonchev–Trinajstić information content (AvgIpc) is 3.72. The van der Waals surface area contributed by atoms with Gasteiger partial charge in [0.05, 0.1) is 23.9 Å². The quantitative estimate of drug-likeness (QED) is 0.145. The molecule has 1 aliphatic carbocycles. The summed E-state index contributed by atoms with van der Waals surface area (Å²) in [6, 6.07) is 13.9. The number of imidazole rings is 1. The zero-order valence-electron chi connectivity index (χ0n) is 27.4. The summed E-state index contributed by atoms with van der Waals surface area (Å²) >= 11 is 6.43. The van der Waals surface area contributed by atoms with E-state index in [-0.39, 0.29) is 0 Å². The third-order valence-electron chi connectivity index (χ3n) is 9.43. The van der Waals surface area contributed by atoms with E-state index < -0.39 is 11.0 Å². The average molecular weight is 627 g/mol. The van der Waals surface area contributed by atoms with E-state index in [4.69, 9.17) is 16.6 Å². The molecular formula is C37H47ClN6O. The summed E-state index contributed by atoms with van der Waals surface area (Å²) in [5.41, 5.74) is 4.33. The number of nitrogens with zero attached hydrogens (tertiary/aromatic N) is 5. The number of hydrogen-bond donors (Lipinski definition) is 2. The van der Waals surface area contributed by atoms with Crippen molar-refractivity contribution in [2.45, 2.75) is 52.1 Å². The second-order valence-electron chi connectivity index (χ2n) is 12.7. The van der Waals surface area contributed by atoms with E-state index in [1.807, 2.05) is 48.9 Å². The van der Waals surface area contributed by atoms with Gasteiger partial charge in [0.2, 0.25) is 0 Å². The van der Waals surface area contributed by atoms with Gasteiger partial charge in [0.1, 0.15) is 11.4 Å². The maximum Gasteiger partial charge on any atom is 0.140 e. The predicted molar refractivity (Wildman–Crippen MR) is 187 cm³/mol. The Labute approximate surface area is 273 Å². The zero-order chi connectivity index (χ0) is 32.0. The fourth-order valence-corrected chi connectivity index (χ4v) is 6.73. The number of aromatic nitrogens is 2. The van der Waals surface area contributed by atoms with Gasteiger partial charge in [-0.2, -0.15) is 0 Å². The number of hydrogen-bond acceptors (Lipinski definition) is 5. The molecule has 2 aromatic carbocycles. The first kappa shape index (κ1) is 33.0. The molecule has 8 heteroatoms. The van der Waals surface area contributed by atoms with E-state index in [9.17, 15) is 5.11 Å². The van der Waals surface area contributed by atoms with Gasteiger partial charge in [0, 0.05) is 42.2 Å². The normalized spacial score (nSPS) is 20.8. The van der Waals surface area contributed by atoms with E-state index in [0.717, 1.165) is 53.2 Å². The maximum atomic E-state index is 13.0. The van der Waals surface area contributed by atoms with Crippen LogP contribution in [0.3, 0.4) is 0 Å². The van der Waals surface area contributed by atoms with Crippen molar-refractivity contribution in [3.8, 4) is 0 Å². The van der Waals surface area contributed by atoms with Gasteiger partial charge in [0.25, 0.3) is 0 Å². The van der Waals surface area contributed by atoms with Gasteiger partial charge in [-0.05, 0) is 101 Å². The molecule has 2 aliphatic rings. The van der Waals surface area contributed by atoms with Crippen molar-refractivity contribution in [1.29, 1.82) is 0 Å². The van der Waals surface area contributed by atoms with E-state index in [2.05, 4.69) is 64.4 Å². The molecule has 0 spiro atoms. The van der Waals surface area contributed by atoms with Crippen molar-refractivity contribution in [1.82, 2.24) is 19.8 Å². The molecule has 1 fully saturated rings. The number of rotatable bonds is 11. The summed E-state index contributed by atoms with van der Waals surface area (Å²) in [6.45, 7) is 11.6. The van der Waals surface area contributed by atoms with Gasteiger partial charge in [-0.15, -0.1) is 0 Å².